The Bertz CT molecular complexity index is 417. The summed E-state index contributed by atoms with van der Waals surface area (Å²) in [5.41, 5.74) is 11.0. The van der Waals surface area contributed by atoms with Crippen LogP contribution in [-0.2, 0) is 16.1 Å². The average Bonchev–Trinajstić information content (AvgIpc) is 2.42. The molecule has 0 atom stereocenters. The van der Waals surface area contributed by atoms with Gasteiger partial charge in [-0.05, 0) is 6.92 Å². The second-order valence-electron chi connectivity index (χ2n) is 2.72. The maximum absolute atomic E-state index is 11.1. The van der Waals surface area contributed by atoms with Gasteiger partial charge in [0, 0.05) is 0 Å². The van der Waals surface area contributed by atoms with Crippen LogP contribution in [0.5, 0.6) is 0 Å². The first-order valence-electron chi connectivity index (χ1n) is 4.27. The van der Waals surface area contributed by atoms with E-state index in [-0.39, 0.29) is 30.4 Å². The predicted octanol–water partition coefficient (Wildman–Crippen LogP) is -0.518. The molecule has 7 nitrogen and oxygen atoms in total. The van der Waals surface area contributed by atoms with Gasteiger partial charge in [-0.3, -0.25) is 4.79 Å². The fourth-order valence-corrected chi connectivity index (χ4v) is 1.06. The van der Waals surface area contributed by atoms with Crippen molar-refractivity contribution < 1.29 is 9.53 Å². The molecule has 0 aromatic carbocycles. The molecule has 0 fully saturated rings. The van der Waals surface area contributed by atoms with Gasteiger partial charge in [-0.1, -0.05) is 0 Å². The van der Waals surface area contributed by atoms with Gasteiger partial charge in [0.1, 0.15) is 24.0 Å². The number of nitriles is 1. The van der Waals surface area contributed by atoms with Crippen molar-refractivity contribution >= 4 is 17.6 Å². The van der Waals surface area contributed by atoms with E-state index in [0.29, 0.717) is 0 Å². The van der Waals surface area contributed by atoms with Gasteiger partial charge in [-0.15, -0.1) is 0 Å². The molecular formula is C8H11N5O2. The van der Waals surface area contributed by atoms with Gasteiger partial charge < -0.3 is 16.2 Å². The number of hydrogen-bond donors (Lipinski definition) is 2. The third kappa shape index (κ3) is 2.17. The molecule has 0 aliphatic rings. The molecule has 0 saturated carbocycles. The summed E-state index contributed by atoms with van der Waals surface area (Å²) in [6, 6.07) is 1.80. The first-order chi connectivity index (χ1) is 7.10. The minimum absolute atomic E-state index is 0.0132. The number of ether oxygens (including phenoxy) is 1. The SMILES string of the molecule is CCOC(=O)Cn1nc(N)c(C#N)c1N. The molecule has 0 aliphatic heterocycles. The van der Waals surface area contributed by atoms with Crippen LogP contribution in [0.15, 0.2) is 0 Å². The van der Waals surface area contributed by atoms with E-state index in [0.717, 1.165) is 4.68 Å². The van der Waals surface area contributed by atoms with Crippen LogP contribution in [0, 0.1) is 11.3 Å². The Kier molecular flexibility index (Phi) is 3.13. The van der Waals surface area contributed by atoms with E-state index >= 15 is 0 Å². The lowest BCUT2D eigenvalue weighted by Crippen LogP contribution is -2.16. The van der Waals surface area contributed by atoms with Crippen LogP contribution in [0.2, 0.25) is 0 Å². The standard InChI is InChI=1S/C8H11N5O2/c1-2-15-6(14)4-13-8(11)5(3-9)7(10)12-13/h2,4,11H2,1H3,(H2,10,12). The number of anilines is 2. The van der Waals surface area contributed by atoms with Crippen LogP contribution in [0.4, 0.5) is 11.6 Å². The summed E-state index contributed by atoms with van der Waals surface area (Å²) in [4.78, 5) is 11.1. The number of hydrogen-bond acceptors (Lipinski definition) is 6. The molecule has 1 heterocycles. The van der Waals surface area contributed by atoms with Crippen LogP contribution in [0.25, 0.3) is 0 Å². The molecule has 1 aromatic rings. The zero-order chi connectivity index (χ0) is 11.4. The minimum Gasteiger partial charge on any atom is -0.465 e. The molecule has 0 bridgehead atoms. The van der Waals surface area contributed by atoms with E-state index in [2.05, 4.69) is 5.10 Å². The van der Waals surface area contributed by atoms with E-state index in [1.54, 1.807) is 13.0 Å². The first kappa shape index (κ1) is 10.8. The molecule has 0 radical (unpaired) electrons. The highest BCUT2D eigenvalue weighted by atomic mass is 16.5. The van der Waals surface area contributed by atoms with E-state index in [4.69, 9.17) is 21.5 Å². The summed E-state index contributed by atoms with van der Waals surface area (Å²) in [5.74, 6) is -0.390. The molecule has 0 aliphatic carbocycles. The lowest BCUT2D eigenvalue weighted by Gasteiger charge is -2.02. The van der Waals surface area contributed by atoms with Crippen LogP contribution in [-0.4, -0.2) is 22.4 Å². The Morgan fingerprint density at radius 2 is 2.33 bits per heavy atom. The summed E-state index contributed by atoms with van der Waals surface area (Å²) in [6.07, 6.45) is 0. The quantitative estimate of drug-likeness (QED) is 0.646. The van der Waals surface area contributed by atoms with Crippen molar-refractivity contribution in [3.05, 3.63) is 5.56 Å². The van der Waals surface area contributed by atoms with Crippen LogP contribution in [0.1, 0.15) is 12.5 Å². The Balaban J connectivity index is 2.88. The van der Waals surface area contributed by atoms with Crippen LogP contribution >= 0.6 is 0 Å². The zero-order valence-electron chi connectivity index (χ0n) is 8.23. The highest BCUT2D eigenvalue weighted by Crippen LogP contribution is 2.16. The molecule has 80 valence electrons. The van der Waals surface area contributed by atoms with Gasteiger partial charge in [-0.25, -0.2) is 4.68 Å². The minimum atomic E-state index is -0.476. The van der Waals surface area contributed by atoms with Crippen molar-refractivity contribution in [2.24, 2.45) is 0 Å². The van der Waals surface area contributed by atoms with Gasteiger partial charge in [0.2, 0.25) is 0 Å². The molecule has 0 amide bonds. The van der Waals surface area contributed by atoms with Gasteiger partial charge in [0.05, 0.1) is 6.61 Å². The van der Waals surface area contributed by atoms with Crippen molar-refractivity contribution in [3.8, 4) is 6.07 Å². The summed E-state index contributed by atoms with van der Waals surface area (Å²) in [7, 11) is 0. The number of nitrogens with two attached hydrogens (primary N) is 2. The fraction of sp³-hybridized carbons (Fsp3) is 0.375. The van der Waals surface area contributed by atoms with Gasteiger partial charge >= 0.3 is 5.97 Å². The van der Waals surface area contributed by atoms with Gasteiger partial charge in [-0.2, -0.15) is 10.4 Å². The highest BCUT2D eigenvalue weighted by Gasteiger charge is 2.15. The molecule has 0 spiro atoms. The predicted molar refractivity (Wildman–Crippen MR) is 52.4 cm³/mol. The van der Waals surface area contributed by atoms with E-state index < -0.39 is 5.97 Å². The van der Waals surface area contributed by atoms with E-state index in [1.165, 1.54) is 0 Å². The number of esters is 1. The molecule has 15 heavy (non-hydrogen) atoms. The molecule has 1 aromatic heterocycles. The van der Waals surface area contributed by atoms with E-state index in [9.17, 15) is 4.79 Å². The number of rotatable bonds is 3. The number of carbonyl (C=O) groups excluding carboxylic acids is 1. The average molecular weight is 209 g/mol. The summed E-state index contributed by atoms with van der Waals surface area (Å²) in [6.45, 7) is 1.82. The molecular weight excluding hydrogens is 198 g/mol. The van der Waals surface area contributed by atoms with Crippen molar-refractivity contribution in [2.75, 3.05) is 18.1 Å². The van der Waals surface area contributed by atoms with Gasteiger partial charge in [0.15, 0.2) is 5.82 Å². The first-order valence-corrected chi connectivity index (χ1v) is 4.27. The Morgan fingerprint density at radius 3 is 2.80 bits per heavy atom. The normalized spacial score (nSPS) is 9.60. The third-order valence-corrected chi connectivity index (χ3v) is 1.71. The van der Waals surface area contributed by atoms with E-state index in [1.807, 2.05) is 0 Å². The van der Waals surface area contributed by atoms with Gasteiger partial charge in [0.25, 0.3) is 0 Å². The maximum atomic E-state index is 11.1. The lowest BCUT2D eigenvalue weighted by atomic mass is 10.3. The van der Waals surface area contributed by atoms with Crippen LogP contribution in [0.3, 0.4) is 0 Å². The molecule has 0 saturated heterocycles. The van der Waals surface area contributed by atoms with Crippen molar-refractivity contribution in [1.82, 2.24) is 9.78 Å². The number of nitrogens with zero attached hydrogens (tertiary/aromatic N) is 3. The number of nitrogen functional groups attached to an aromatic ring is 2. The molecule has 0 unspecified atom stereocenters. The number of aromatic nitrogens is 2. The Labute approximate surface area is 86.2 Å². The largest absolute Gasteiger partial charge is 0.465 e. The molecule has 4 N–H and O–H groups in total. The summed E-state index contributed by atoms with van der Waals surface area (Å²) >= 11 is 0. The molecule has 7 heteroatoms. The summed E-state index contributed by atoms with van der Waals surface area (Å²) < 4.78 is 5.85. The van der Waals surface area contributed by atoms with Crippen molar-refractivity contribution in [2.45, 2.75) is 13.5 Å². The van der Waals surface area contributed by atoms with Crippen molar-refractivity contribution in [3.63, 3.8) is 0 Å². The maximum Gasteiger partial charge on any atom is 0.327 e. The zero-order valence-corrected chi connectivity index (χ0v) is 8.23. The fourth-order valence-electron chi connectivity index (χ4n) is 1.06. The lowest BCUT2D eigenvalue weighted by molar-refractivity contribution is -0.143. The second-order valence-corrected chi connectivity index (χ2v) is 2.72. The second kappa shape index (κ2) is 4.32. The smallest absolute Gasteiger partial charge is 0.327 e. The number of carbonyl (C=O) groups is 1. The Morgan fingerprint density at radius 1 is 1.67 bits per heavy atom. The molecule has 1 rings (SSSR count). The topological polar surface area (TPSA) is 120 Å². The Hall–Kier alpha value is -2.23. The summed E-state index contributed by atoms with van der Waals surface area (Å²) in [5, 5.41) is 12.4. The van der Waals surface area contributed by atoms with Crippen LogP contribution < -0.4 is 11.5 Å². The van der Waals surface area contributed by atoms with Crippen molar-refractivity contribution in [1.29, 1.82) is 5.26 Å². The highest BCUT2D eigenvalue weighted by molar-refractivity contribution is 5.71. The third-order valence-electron chi connectivity index (χ3n) is 1.71. The monoisotopic (exact) mass is 209 g/mol.